The maximum Gasteiger partial charge on any atom is 0.259 e. The number of benzene rings is 1. The summed E-state index contributed by atoms with van der Waals surface area (Å²) in [6.07, 6.45) is 4.55. The lowest BCUT2D eigenvalue weighted by atomic mass is 10.2. The number of anilines is 1. The average molecular weight is 369 g/mol. The number of hydrogen-bond donors (Lipinski definition) is 1. The van der Waals surface area contributed by atoms with Crippen LogP contribution in [0.4, 0.5) is 9.39 Å². The van der Waals surface area contributed by atoms with Crippen molar-refractivity contribution < 1.29 is 13.6 Å². The molecule has 0 spiro atoms. The summed E-state index contributed by atoms with van der Waals surface area (Å²) in [5, 5.41) is 8.17. The quantitative estimate of drug-likeness (QED) is 0.594. The minimum atomic E-state index is -0.572. The molecular weight excluding hydrogens is 357 g/mol. The van der Waals surface area contributed by atoms with Crippen molar-refractivity contribution >= 4 is 22.2 Å². The minimum absolute atomic E-state index is 0.0193. The van der Waals surface area contributed by atoms with E-state index in [4.69, 9.17) is 4.42 Å². The van der Waals surface area contributed by atoms with E-state index in [1.807, 2.05) is 0 Å². The molecule has 130 valence electrons. The van der Waals surface area contributed by atoms with Gasteiger partial charge in [-0.25, -0.2) is 14.4 Å². The molecule has 3 aromatic heterocycles. The summed E-state index contributed by atoms with van der Waals surface area (Å²) in [5.74, 6) is -0.683. The monoisotopic (exact) mass is 369 g/mol. The van der Waals surface area contributed by atoms with Crippen LogP contribution in [0.1, 0.15) is 10.4 Å². The zero-order valence-electron chi connectivity index (χ0n) is 13.5. The third-order valence-corrected chi connectivity index (χ3v) is 4.55. The molecule has 4 aromatic rings. The van der Waals surface area contributed by atoms with E-state index >= 15 is 0 Å². The lowest BCUT2D eigenvalue weighted by Crippen LogP contribution is -2.12. The van der Waals surface area contributed by atoms with Crippen LogP contribution in [0.25, 0.3) is 22.3 Å². The summed E-state index contributed by atoms with van der Waals surface area (Å²) in [5.41, 5.74) is 1.31. The summed E-state index contributed by atoms with van der Waals surface area (Å²) in [6.45, 7) is 0. The third kappa shape index (κ3) is 3.00. The first kappa shape index (κ1) is 16.2. The van der Waals surface area contributed by atoms with E-state index in [0.717, 1.165) is 5.69 Å². The normalized spacial score (nSPS) is 10.8. The summed E-state index contributed by atoms with van der Waals surface area (Å²) in [7, 11) is 1.78. The van der Waals surface area contributed by atoms with Gasteiger partial charge in [-0.15, -0.1) is 0 Å². The molecule has 1 amide bonds. The molecule has 26 heavy (non-hydrogen) atoms. The number of aromatic nitrogens is 4. The van der Waals surface area contributed by atoms with E-state index in [0.29, 0.717) is 21.6 Å². The highest BCUT2D eigenvalue weighted by molar-refractivity contribution is 7.19. The van der Waals surface area contributed by atoms with E-state index < -0.39 is 11.7 Å². The number of carbonyl (C=O) groups excluding carboxylic acids is 1. The Balaban J connectivity index is 1.57. The molecule has 0 aliphatic rings. The second-order valence-electron chi connectivity index (χ2n) is 5.34. The number of rotatable bonds is 4. The Morgan fingerprint density at radius 1 is 1.31 bits per heavy atom. The fraction of sp³-hybridized carbons (Fsp3) is 0.0588. The fourth-order valence-electron chi connectivity index (χ4n) is 2.40. The molecule has 0 bridgehead atoms. The van der Waals surface area contributed by atoms with Crippen LogP contribution in [0.5, 0.6) is 0 Å². The number of hydrogen-bond acceptors (Lipinski definition) is 6. The first-order chi connectivity index (χ1) is 12.6. The number of carbonyl (C=O) groups is 1. The molecule has 3 heterocycles. The van der Waals surface area contributed by atoms with Gasteiger partial charge in [0.2, 0.25) is 5.89 Å². The number of thiazole rings is 1. The lowest BCUT2D eigenvalue weighted by Gasteiger charge is -2.02. The second-order valence-corrected chi connectivity index (χ2v) is 6.37. The molecular formula is C17H12FN5O2S. The predicted molar refractivity (Wildman–Crippen MR) is 94.2 cm³/mol. The fourth-order valence-corrected chi connectivity index (χ4v) is 3.26. The Bertz CT molecular complexity index is 1070. The van der Waals surface area contributed by atoms with Gasteiger partial charge in [0.05, 0.1) is 23.7 Å². The topological polar surface area (TPSA) is 85.8 Å². The van der Waals surface area contributed by atoms with Crippen molar-refractivity contribution in [2.45, 2.75) is 0 Å². The number of halogens is 1. The molecule has 0 aliphatic heterocycles. The molecule has 0 fully saturated rings. The molecule has 7 nitrogen and oxygen atoms in total. The van der Waals surface area contributed by atoms with Gasteiger partial charge in [-0.1, -0.05) is 23.5 Å². The number of nitrogens with zero attached hydrogens (tertiary/aromatic N) is 4. The van der Waals surface area contributed by atoms with Gasteiger partial charge in [0.15, 0.2) is 0 Å². The van der Waals surface area contributed by atoms with Crippen LogP contribution >= 0.6 is 11.3 Å². The van der Waals surface area contributed by atoms with E-state index in [2.05, 4.69) is 20.4 Å². The van der Waals surface area contributed by atoms with E-state index in [9.17, 15) is 9.18 Å². The van der Waals surface area contributed by atoms with Crippen molar-refractivity contribution in [3.8, 4) is 22.3 Å². The first-order valence-corrected chi connectivity index (χ1v) is 8.39. The summed E-state index contributed by atoms with van der Waals surface area (Å²) in [4.78, 5) is 20.6. The van der Waals surface area contributed by atoms with Crippen LogP contribution in [-0.4, -0.2) is 25.7 Å². The molecule has 0 saturated heterocycles. The summed E-state index contributed by atoms with van der Waals surface area (Å²) in [6, 6.07) is 7.61. The van der Waals surface area contributed by atoms with Gasteiger partial charge in [-0.3, -0.25) is 9.48 Å². The Morgan fingerprint density at radius 2 is 2.15 bits per heavy atom. The SMILES string of the molecule is Cn1nc(-c2ncco2)cc1-c1ncc(NC(=O)c2ccccc2F)s1. The molecule has 9 heteroatoms. The Hall–Kier alpha value is -3.33. The van der Waals surface area contributed by atoms with Crippen molar-refractivity contribution in [3.05, 3.63) is 60.4 Å². The highest BCUT2D eigenvalue weighted by Crippen LogP contribution is 2.31. The molecule has 0 saturated carbocycles. The van der Waals surface area contributed by atoms with Crippen molar-refractivity contribution in [1.29, 1.82) is 0 Å². The van der Waals surface area contributed by atoms with Crippen molar-refractivity contribution in [2.24, 2.45) is 7.05 Å². The minimum Gasteiger partial charge on any atom is -0.443 e. The first-order valence-electron chi connectivity index (χ1n) is 7.58. The molecule has 1 N–H and O–H groups in total. The molecule has 0 aliphatic carbocycles. The zero-order valence-corrected chi connectivity index (χ0v) is 14.3. The summed E-state index contributed by atoms with van der Waals surface area (Å²) >= 11 is 1.26. The van der Waals surface area contributed by atoms with Gasteiger partial charge in [-0.2, -0.15) is 5.10 Å². The average Bonchev–Trinajstić information content (AvgIpc) is 3.35. The van der Waals surface area contributed by atoms with E-state index in [1.54, 1.807) is 30.1 Å². The Morgan fingerprint density at radius 3 is 2.92 bits per heavy atom. The van der Waals surface area contributed by atoms with E-state index in [1.165, 1.54) is 42.0 Å². The third-order valence-electron chi connectivity index (χ3n) is 3.61. The van der Waals surface area contributed by atoms with Crippen LogP contribution < -0.4 is 5.32 Å². The zero-order chi connectivity index (χ0) is 18.1. The van der Waals surface area contributed by atoms with Crippen LogP contribution in [0, 0.1) is 5.82 Å². The van der Waals surface area contributed by atoms with Crippen LogP contribution in [0.2, 0.25) is 0 Å². The van der Waals surface area contributed by atoms with Gasteiger partial charge in [0.1, 0.15) is 27.8 Å². The van der Waals surface area contributed by atoms with Crippen molar-refractivity contribution in [1.82, 2.24) is 19.7 Å². The largest absolute Gasteiger partial charge is 0.443 e. The van der Waals surface area contributed by atoms with Crippen molar-refractivity contribution in [3.63, 3.8) is 0 Å². The molecule has 0 unspecified atom stereocenters. The maximum atomic E-state index is 13.7. The van der Waals surface area contributed by atoms with Crippen LogP contribution in [0.3, 0.4) is 0 Å². The summed E-state index contributed by atoms with van der Waals surface area (Å²) < 4.78 is 20.6. The Kier molecular flexibility index (Phi) is 4.05. The second kappa shape index (κ2) is 6.52. The number of aryl methyl sites for hydroxylation is 1. The lowest BCUT2D eigenvalue weighted by molar-refractivity contribution is 0.102. The van der Waals surface area contributed by atoms with Gasteiger partial charge >= 0.3 is 0 Å². The highest BCUT2D eigenvalue weighted by atomic mass is 32.1. The number of amides is 1. The van der Waals surface area contributed by atoms with Gasteiger partial charge in [0, 0.05) is 7.05 Å². The smallest absolute Gasteiger partial charge is 0.259 e. The number of oxazole rings is 1. The van der Waals surface area contributed by atoms with Crippen LogP contribution in [0.15, 0.2) is 53.4 Å². The standard InChI is InChI=1S/C17H12FN5O2S/c1-23-13(8-12(22-23)16-19-6-7-25-16)17-20-9-14(26-17)21-15(24)10-4-2-3-5-11(10)18/h2-9H,1H3,(H,21,24). The highest BCUT2D eigenvalue weighted by Gasteiger charge is 2.17. The van der Waals surface area contributed by atoms with Gasteiger partial charge < -0.3 is 9.73 Å². The molecule has 4 rings (SSSR count). The maximum absolute atomic E-state index is 13.7. The Labute approximate surface area is 151 Å². The van der Waals surface area contributed by atoms with Crippen LogP contribution in [-0.2, 0) is 7.05 Å². The number of nitrogens with one attached hydrogen (secondary N) is 1. The molecule has 1 aromatic carbocycles. The van der Waals surface area contributed by atoms with Crippen molar-refractivity contribution in [2.75, 3.05) is 5.32 Å². The van der Waals surface area contributed by atoms with E-state index in [-0.39, 0.29) is 5.56 Å². The van der Waals surface area contributed by atoms with Gasteiger partial charge in [-0.05, 0) is 18.2 Å². The molecule has 0 atom stereocenters. The predicted octanol–water partition coefficient (Wildman–Crippen LogP) is 3.59. The molecule has 0 radical (unpaired) electrons. The van der Waals surface area contributed by atoms with Gasteiger partial charge in [0.25, 0.3) is 5.91 Å².